The van der Waals surface area contributed by atoms with Gasteiger partial charge >= 0.3 is 6.18 Å². The molecule has 0 unspecified atom stereocenters. The summed E-state index contributed by atoms with van der Waals surface area (Å²) in [4.78, 5) is 15.2. The van der Waals surface area contributed by atoms with Crippen LogP contribution in [0.1, 0.15) is 66.9 Å². The first-order valence-corrected chi connectivity index (χ1v) is 11.3. The van der Waals surface area contributed by atoms with Crippen LogP contribution in [0.25, 0.3) is 0 Å². The molecule has 0 aliphatic heterocycles. The number of benzene rings is 2. The van der Waals surface area contributed by atoms with E-state index in [0.717, 1.165) is 18.4 Å². The lowest BCUT2D eigenvalue weighted by Gasteiger charge is -2.41. The summed E-state index contributed by atoms with van der Waals surface area (Å²) in [5, 5.41) is 19.8. The summed E-state index contributed by atoms with van der Waals surface area (Å²) >= 11 is 0. The Bertz CT molecular complexity index is 1030. The van der Waals surface area contributed by atoms with Crippen LogP contribution < -0.4 is 0 Å². The fraction of sp³-hybridized carbons (Fsp3) is 0.462. The van der Waals surface area contributed by atoms with E-state index >= 15 is 0 Å². The zero-order valence-electron chi connectivity index (χ0n) is 18.5. The number of halogens is 3. The number of rotatable bonds is 5. The SMILES string of the molecule is C[C@](O)(c1ccc(C(=O)N(C2CC2)[C@H]2CC[C@@](C#N)(c3ccccc3)CC2)cc1)C(F)(F)F. The standard InChI is InChI=1S/C26H27F3N2O2/c1-24(33,26(27,28)29)19-9-7-18(8-10-19)23(32)31(21-11-12-21)22-13-15-25(17-30,16-14-22)20-5-3-2-4-6-20/h2-10,21-22,33H,11-16H2,1H3/t22-,24-,25+/m0/s1. The number of carbonyl (C=O) groups excluding carboxylic acids is 1. The molecule has 0 heterocycles. The Labute approximate surface area is 191 Å². The van der Waals surface area contributed by atoms with Gasteiger partial charge in [-0.05, 0) is 68.7 Å². The maximum atomic E-state index is 13.4. The van der Waals surface area contributed by atoms with E-state index in [9.17, 15) is 28.3 Å². The predicted octanol–water partition coefficient (Wildman–Crippen LogP) is 5.47. The first-order chi connectivity index (χ1) is 15.6. The molecule has 1 N–H and O–H groups in total. The number of aliphatic hydroxyl groups is 1. The Morgan fingerprint density at radius 1 is 1.00 bits per heavy atom. The van der Waals surface area contributed by atoms with Crippen LogP contribution in [0.15, 0.2) is 54.6 Å². The summed E-state index contributed by atoms with van der Waals surface area (Å²) in [6, 6.07) is 17.4. The molecule has 2 aliphatic rings. The van der Waals surface area contributed by atoms with Crippen LogP contribution in [-0.4, -0.2) is 34.2 Å². The van der Waals surface area contributed by atoms with Gasteiger partial charge in [-0.1, -0.05) is 42.5 Å². The first-order valence-electron chi connectivity index (χ1n) is 11.3. The van der Waals surface area contributed by atoms with Gasteiger partial charge in [-0.3, -0.25) is 4.79 Å². The molecule has 0 radical (unpaired) electrons. The minimum Gasteiger partial charge on any atom is -0.376 e. The van der Waals surface area contributed by atoms with Crippen molar-refractivity contribution in [1.82, 2.24) is 4.90 Å². The number of alkyl halides is 3. The van der Waals surface area contributed by atoms with Crippen LogP contribution in [0.5, 0.6) is 0 Å². The average Bonchev–Trinajstić information content (AvgIpc) is 3.65. The van der Waals surface area contributed by atoms with Gasteiger partial charge in [0, 0.05) is 17.6 Å². The van der Waals surface area contributed by atoms with Crippen molar-refractivity contribution in [2.75, 3.05) is 0 Å². The van der Waals surface area contributed by atoms with Gasteiger partial charge in [-0.25, -0.2) is 0 Å². The van der Waals surface area contributed by atoms with Crippen molar-refractivity contribution < 1.29 is 23.1 Å². The molecule has 4 nitrogen and oxygen atoms in total. The molecule has 4 rings (SSSR count). The third-order valence-electron chi connectivity index (χ3n) is 7.16. The van der Waals surface area contributed by atoms with E-state index in [2.05, 4.69) is 6.07 Å². The fourth-order valence-electron chi connectivity index (χ4n) is 4.83. The molecule has 2 aromatic carbocycles. The highest BCUT2D eigenvalue weighted by atomic mass is 19.4. The minimum atomic E-state index is -4.81. The Hall–Kier alpha value is -2.85. The monoisotopic (exact) mass is 456 g/mol. The van der Waals surface area contributed by atoms with Crippen LogP contribution in [0.3, 0.4) is 0 Å². The highest BCUT2D eigenvalue weighted by molar-refractivity contribution is 5.95. The van der Waals surface area contributed by atoms with Crippen molar-refractivity contribution in [3.05, 3.63) is 71.3 Å². The highest BCUT2D eigenvalue weighted by Gasteiger charge is 2.51. The molecule has 2 aliphatic carbocycles. The number of nitrogens with zero attached hydrogens (tertiary/aromatic N) is 2. The molecule has 0 spiro atoms. The first kappa shape index (κ1) is 23.3. The van der Waals surface area contributed by atoms with Gasteiger partial charge in [-0.2, -0.15) is 18.4 Å². The molecule has 2 aromatic rings. The van der Waals surface area contributed by atoms with Crippen molar-refractivity contribution >= 4 is 5.91 Å². The smallest absolute Gasteiger partial charge is 0.376 e. The van der Waals surface area contributed by atoms with Crippen molar-refractivity contribution in [2.24, 2.45) is 0 Å². The normalized spacial score (nSPS) is 25.0. The van der Waals surface area contributed by atoms with Crippen LogP contribution in [0.2, 0.25) is 0 Å². The molecule has 2 fully saturated rings. The van der Waals surface area contributed by atoms with Crippen LogP contribution in [0, 0.1) is 11.3 Å². The second-order valence-electron chi connectivity index (χ2n) is 9.38. The number of amides is 1. The molecule has 0 saturated heterocycles. The van der Waals surface area contributed by atoms with E-state index in [1.165, 1.54) is 24.3 Å². The van der Waals surface area contributed by atoms with Gasteiger partial charge in [0.25, 0.3) is 5.91 Å². The highest BCUT2D eigenvalue weighted by Crippen LogP contribution is 2.43. The van der Waals surface area contributed by atoms with Crippen LogP contribution in [-0.2, 0) is 11.0 Å². The number of nitriles is 1. The maximum absolute atomic E-state index is 13.4. The minimum absolute atomic E-state index is 0.00635. The number of carbonyl (C=O) groups is 1. The van der Waals surface area contributed by atoms with Gasteiger partial charge in [-0.15, -0.1) is 0 Å². The molecule has 1 amide bonds. The summed E-state index contributed by atoms with van der Waals surface area (Å²) in [6.45, 7) is 0.705. The van der Waals surface area contributed by atoms with Gasteiger partial charge < -0.3 is 10.0 Å². The fourth-order valence-corrected chi connectivity index (χ4v) is 4.83. The Kier molecular flexibility index (Phi) is 6.00. The van der Waals surface area contributed by atoms with E-state index in [1.54, 1.807) is 0 Å². The van der Waals surface area contributed by atoms with Crippen molar-refractivity contribution in [2.45, 2.75) is 74.7 Å². The zero-order chi connectivity index (χ0) is 23.9. The average molecular weight is 457 g/mol. The second kappa shape index (κ2) is 8.49. The molecular formula is C26H27F3N2O2. The predicted molar refractivity (Wildman–Crippen MR) is 117 cm³/mol. The summed E-state index contributed by atoms with van der Waals surface area (Å²) in [6.07, 6.45) is -0.287. The van der Waals surface area contributed by atoms with Gasteiger partial charge in [0.2, 0.25) is 0 Å². The summed E-state index contributed by atoms with van der Waals surface area (Å²) in [5.74, 6) is -0.204. The van der Waals surface area contributed by atoms with Gasteiger partial charge in [0.05, 0.1) is 11.5 Å². The lowest BCUT2D eigenvalue weighted by molar-refractivity contribution is -0.258. The van der Waals surface area contributed by atoms with Crippen molar-refractivity contribution in [1.29, 1.82) is 5.26 Å². The number of hydrogen-bond acceptors (Lipinski definition) is 3. The molecule has 1 atom stereocenters. The van der Waals surface area contributed by atoms with E-state index in [1.807, 2.05) is 35.2 Å². The second-order valence-corrected chi connectivity index (χ2v) is 9.38. The van der Waals surface area contributed by atoms with E-state index in [0.29, 0.717) is 38.2 Å². The number of hydrogen-bond donors (Lipinski definition) is 1. The topological polar surface area (TPSA) is 64.3 Å². The van der Waals surface area contributed by atoms with Gasteiger partial charge in [0.1, 0.15) is 0 Å². The molecule has 2 saturated carbocycles. The third kappa shape index (κ3) is 4.37. The molecular weight excluding hydrogens is 429 g/mol. The van der Waals surface area contributed by atoms with E-state index in [-0.39, 0.29) is 23.6 Å². The molecule has 174 valence electrons. The Balaban J connectivity index is 1.51. The largest absolute Gasteiger partial charge is 0.421 e. The van der Waals surface area contributed by atoms with E-state index < -0.39 is 17.2 Å². The molecule has 0 bridgehead atoms. The Morgan fingerprint density at radius 3 is 2.03 bits per heavy atom. The lowest BCUT2D eigenvalue weighted by atomic mass is 9.69. The lowest BCUT2D eigenvalue weighted by Crippen LogP contribution is -2.46. The molecule has 0 aromatic heterocycles. The third-order valence-corrected chi connectivity index (χ3v) is 7.16. The van der Waals surface area contributed by atoms with Gasteiger partial charge in [0.15, 0.2) is 5.60 Å². The summed E-state index contributed by atoms with van der Waals surface area (Å²) in [5.41, 5.74) is -2.53. The summed E-state index contributed by atoms with van der Waals surface area (Å²) in [7, 11) is 0. The zero-order valence-corrected chi connectivity index (χ0v) is 18.5. The van der Waals surface area contributed by atoms with E-state index in [4.69, 9.17) is 0 Å². The van der Waals surface area contributed by atoms with Crippen molar-refractivity contribution in [3.8, 4) is 6.07 Å². The molecule has 33 heavy (non-hydrogen) atoms. The quantitative estimate of drug-likeness (QED) is 0.649. The van der Waals surface area contributed by atoms with Crippen LogP contribution in [0.4, 0.5) is 13.2 Å². The summed E-state index contributed by atoms with van der Waals surface area (Å²) < 4.78 is 39.4. The van der Waals surface area contributed by atoms with Crippen molar-refractivity contribution in [3.63, 3.8) is 0 Å². The maximum Gasteiger partial charge on any atom is 0.421 e. The molecule has 7 heteroatoms. The van der Waals surface area contributed by atoms with Crippen LogP contribution >= 0.6 is 0 Å². The Morgan fingerprint density at radius 2 is 1.55 bits per heavy atom.